The fraction of sp³-hybridized carbons (Fsp3) is 0.310. The van der Waals surface area contributed by atoms with Gasteiger partial charge in [-0.3, -0.25) is 0 Å². The molecule has 0 saturated carbocycles. The topological polar surface area (TPSA) is 83.9 Å². The zero-order valence-corrected chi connectivity index (χ0v) is 20.0. The van der Waals surface area contributed by atoms with Crippen LogP contribution in [0.1, 0.15) is 49.7 Å². The van der Waals surface area contributed by atoms with Crippen LogP contribution in [0.4, 0.5) is 0 Å². The van der Waals surface area contributed by atoms with Gasteiger partial charge in [-0.1, -0.05) is 54.7 Å². The number of aliphatic imine (C=N–C) groups is 1. The first-order chi connectivity index (χ1) is 16.9. The van der Waals surface area contributed by atoms with E-state index in [4.69, 9.17) is 20.3 Å². The van der Waals surface area contributed by atoms with Gasteiger partial charge in [0.05, 0.1) is 17.2 Å². The second kappa shape index (κ2) is 9.09. The summed E-state index contributed by atoms with van der Waals surface area (Å²) in [5.74, 6) is 1.08. The zero-order valence-electron chi connectivity index (χ0n) is 20.0. The Bertz CT molecular complexity index is 1290. The molecule has 2 atom stereocenters. The van der Waals surface area contributed by atoms with Crippen molar-refractivity contribution in [2.75, 3.05) is 7.05 Å². The fourth-order valence-electron chi connectivity index (χ4n) is 5.28. The van der Waals surface area contributed by atoms with E-state index in [0.717, 1.165) is 53.7 Å². The summed E-state index contributed by atoms with van der Waals surface area (Å²) in [6.07, 6.45) is 13.6. The van der Waals surface area contributed by atoms with Gasteiger partial charge in [0, 0.05) is 19.9 Å². The summed E-state index contributed by atoms with van der Waals surface area (Å²) in [6.45, 7) is 4.30. The molecule has 2 aromatic rings. The Kier molecular flexibility index (Phi) is 5.96. The molecule has 0 aromatic heterocycles. The Balaban J connectivity index is 1.60. The highest BCUT2D eigenvalue weighted by molar-refractivity contribution is 5.79. The molecule has 0 amide bonds. The van der Waals surface area contributed by atoms with Crippen LogP contribution in [0.5, 0.6) is 5.75 Å². The lowest BCUT2D eigenvalue weighted by Crippen LogP contribution is -2.48. The number of nitriles is 1. The molecular weight excluding hydrogens is 436 g/mol. The molecular formula is C29H30N4O2. The summed E-state index contributed by atoms with van der Waals surface area (Å²) < 4.78 is 6.82. The molecule has 1 aliphatic carbocycles. The number of ether oxygens (including phenoxy) is 1. The van der Waals surface area contributed by atoms with Crippen LogP contribution in [0.15, 0.2) is 83.9 Å². The molecule has 2 unspecified atom stereocenters. The van der Waals surface area contributed by atoms with E-state index in [-0.39, 0.29) is 0 Å². The number of hydrogen-bond acceptors (Lipinski definition) is 6. The molecule has 178 valence electrons. The maximum Gasteiger partial charge on any atom is 0.222 e. The monoisotopic (exact) mass is 466 g/mol. The van der Waals surface area contributed by atoms with Crippen molar-refractivity contribution in [3.8, 4) is 22.9 Å². The molecule has 0 bridgehead atoms. The third-order valence-electron chi connectivity index (χ3n) is 6.90. The van der Waals surface area contributed by atoms with E-state index in [0.29, 0.717) is 24.4 Å². The summed E-state index contributed by atoms with van der Waals surface area (Å²) in [5.41, 5.74) is 9.10. The quantitative estimate of drug-likeness (QED) is 0.581. The summed E-state index contributed by atoms with van der Waals surface area (Å²) in [4.78, 5) is 11.3. The second-order valence-corrected chi connectivity index (χ2v) is 9.58. The molecule has 2 heterocycles. The van der Waals surface area contributed by atoms with Crippen LogP contribution in [-0.4, -0.2) is 23.7 Å². The summed E-state index contributed by atoms with van der Waals surface area (Å²) in [5, 5.41) is 10.9. The van der Waals surface area contributed by atoms with Crippen LogP contribution in [0.25, 0.3) is 11.1 Å². The van der Waals surface area contributed by atoms with E-state index in [2.05, 4.69) is 36.9 Å². The van der Waals surface area contributed by atoms with Crippen molar-refractivity contribution in [3.63, 3.8) is 0 Å². The van der Waals surface area contributed by atoms with Crippen molar-refractivity contribution in [3.05, 3.63) is 90.0 Å². The molecule has 0 radical (unpaired) electrons. The molecule has 5 rings (SSSR count). The maximum atomic E-state index is 9.34. The minimum atomic E-state index is -0.988. The predicted octanol–water partition coefficient (Wildman–Crippen LogP) is 5.72. The van der Waals surface area contributed by atoms with Gasteiger partial charge in [0.1, 0.15) is 11.4 Å². The number of guanidine groups is 1. The van der Waals surface area contributed by atoms with Crippen LogP contribution in [0.3, 0.4) is 0 Å². The Morgan fingerprint density at radius 2 is 2.00 bits per heavy atom. The number of nitrogens with two attached hydrogens (primary N) is 1. The smallest absolute Gasteiger partial charge is 0.222 e. The van der Waals surface area contributed by atoms with Crippen molar-refractivity contribution in [1.82, 2.24) is 5.06 Å². The lowest BCUT2D eigenvalue weighted by atomic mass is 9.77. The Morgan fingerprint density at radius 1 is 1.14 bits per heavy atom. The molecule has 2 N–H and O–H groups in total. The first-order valence-corrected chi connectivity index (χ1v) is 12.1. The van der Waals surface area contributed by atoms with Crippen LogP contribution in [0, 0.1) is 11.3 Å². The average Bonchev–Trinajstić information content (AvgIpc) is 3.11. The zero-order chi connectivity index (χ0) is 24.5. The van der Waals surface area contributed by atoms with E-state index >= 15 is 0 Å². The summed E-state index contributed by atoms with van der Waals surface area (Å²) in [6, 6.07) is 15.9. The number of fused-ring (bicyclic) bond motifs is 2. The van der Waals surface area contributed by atoms with E-state index in [9.17, 15) is 5.26 Å². The molecule has 35 heavy (non-hydrogen) atoms. The molecule has 2 spiro atoms. The number of hydrogen-bond donors (Lipinski definition) is 1. The molecule has 6 nitrogen and oxygen atoms in total. The normalized spacial score (nSPS) is 27.9. The highest BCUT2D eigenvalue weighted by Gasteiger charge is 2.54. The van der Waals surface area contributed by atoms with Crippen molar-refractivity contribution < 1.29 is 9.57 Å². The highest BCUT2D eigenvalue weighted by atomic mass is 16.7. The third-order valence-corrected chi connectivity index (χ3v) is 6.90. The Labute approximate surface area is 206 Å². The first kappa shape index (κ1) is 22.9. The lowest BCUT2D eigenvalue weighted by Gasteiger charge is -2.45. The van der Waals surface area contributed by atoms with Crippen LogP contribution in [-0.2, 0) is 10.6 Å². The van der Waals surface area contributed by atoms with Crippen molar-refractivity contribution in [1.29, 1.82) is 5.26 Å². The minimum absolute atomic E-state index is 0.337. The second-order valence-electron chi connectivity index (χ2n) is 9.58. The number of nitrogens with zero attached hydrogens (tertiary/aromatic N) is 3. The van der Waals surface area contributed by atoms with E-state index in [1.807, 2.05) is 36.4 Å². The largest absolute Gasteiger partial charge is 0.486 e. The van der Waals surface area contributed by atoms with Gasteiger partial charge in [0.15, 0.2) is 0 Å². The van der Waals surface area contributed by atoms with Gasteiger partial charge in [-0.15, -0.1) is 0 Å². The lowest BCUT2D eigenvalue weighted by molar-refractivity contribution is -0.205. The molecule has 0 fully saturated rings. The van der Waals surface area contributed by atoms with E-state index in [1.54, 1.807) is 13.1 Å². The van der Waals surface area contributed by atoms with Gasteiger partial charge in [0.25, 0.3) is 0 Å². The summed E-state index contributed by atoms with van der Waals surface area (Å²) in [7, 11) is 1.78. The highest BCUT2D eigenvalue weighted by Crippen LogP contribution is 2.53. The average molecular weight is 467 g/mol. The fourth-order valence-corrected chi connectivity index (χ4v) is 5.28. The predicted molar refractivity (Wildman–Crippen MR) is 137 cm³/mol. The first-order valence-electron chi connectivity index (χ1n) is 12.1. The molecule has 2 aromatic carbocycles. The minimum Gasteiger partial charge on any atom is -0.486 e. The van der Waals surface area contributed by atoms with E-state index in [1.165, 1.54) is 5.06 Å². The SMILES string of the molecule is C=C1/C=C\C=C/CCCCC2(C1)CC1(N=C(N)N(C)O1)c1cc(-c3cccc(C#N)c3)ccc1O2. The molecule has 3 aliphatic rings. The van der Waals surface area contributed by atoms with Crippen LogP contribution < -0.4 is 10.5 Å². The van der Waals surface area contributed by atoms with Gasteiger partial charge in [-0.05, 0) is 61.1 Å². The van der Waals surface area contributed by atoms with Gasteiger partial charge < -0.3 is 10.5 Å². The Morgan fingerprint density at radius 3 is 2.80 bits per heavy atom. The van der Waals surface area contributed by atoms with Gasteiger partial charge >= 0.3 is 0 Å². The molecule has 2 aliphatic heterocycles. The molecule has 6 heteroatoms. The van der Waals surface area contributed by atoms with Crippen molar-refractivity contribution in [2.45, 2.75) is 49.9 Å². The van der Waals surface area contributed by atoms with E-state index < -0.39 is 11.3 Å². The van der Waals surface area contributed by atoms with Crippen molar-refractivity contribution >= 4 is 5.96 Å². The standard InChI is InChI=1S/C29H30N4O2/c1-21-10-7-5-3-4-6-8-15-28(18-21)20-29(32-27(31)33(2)35-29)25-17-24(13-14-26(25)34-28)23-12-9-11-22(16-23)19-30/h3,5,7,9-14,16-17H,1,4,6,8,15,18,20H2,2H3,(H2,31,32)/b5-3-,10-7-. The van der Waals surface area contributed by atoms with Crippen LogP contribution >= 0.6 is 0 Å². The number of hydroxylamine groups is 2. The van der Waals surface area contributed by atoms with Gasteiger partial charge in [-0.2, -0.15) is 5.26 Å². The Hall–Kier alpha value is -3.82. The van der Waals surface area contributed by atoms with Gasteiger partial charge in [-0.25, -0.2) is 14.9 Å². The summed E-state index contributed by atoms with van der Waals surface area (Å²) >= 11 is 0. The maximum absolute atomic E-state index is 9.34. The number of allylic oxidation sites excluding steroid dienone is 4. The van der Waals surface area contributed by atoms with Crippen LogP contribution in [0.2, 0.25) is 0 Å². The van der Waals surface area contributed by atoms with Crippen molar-refractivity contribution in [2.24, 2.45) is 10.7 Å². The van der Waals surface area contributed by atoms with Gasteiger partial charge in [0.2, 0.25) is 11.7 Å². The molecule has 0 saturated heterocycles. The number of rotatable bonds is 1. The third kappa shape index (κ3) is 4.48. The number of benzene rings is 2.